The van der Waals surface area contributed by atoms with Gasteiger partial charge in [0, 0.05) is 13.0 Å². The van der Waals surface area contributed by atoms with Crippen LogP contribution in [0.5, 0.6) is 5.75 Å². The molecule has 28 heavy (non-hydrogen) atoms. The molecule has 1 aliphatic carbocycles. The summed E-state index contributed by atoms with van der Waals surface area (Å²) >= 11 is 0. The van der Waals surface area contributed by atoms with E-state index in [-0.39, 0.29) is 6.03 Å². The van der Waals surface area contributed by atoms with E-state index in [0.29, 0.717) is 24.5 Å². The van der Waals surface area contributed by atoms with Gasteiger partial charge in [-0.2, -0.15) is 0 Å². The van der Waals surface area contributed by atoms with Gasteiger partial charge in [-0.15, -0.1) is 0 Å². The summed E-state index contributed by atoms with van der Waals surface area (Å²) in [6.07, 6.45) is -0.0738. The Morgan fingerprint density at radius 2 is 1.86 bits per heavy atom. The van der Waals surface area contributed by atoms with Gasteiger partial charge in [0.05, 0.1) is 17.8 Å². The van der Waals surface area contributed by atoms with Crippen molar-refractivity contribution in [2.24, 2.45) is 0 Å². The Balaban J connectivity index is 1.60. The summed E-state index contributed by atoms with van der Waals surface area (Å²) in [4.78, 5) is 14.8. The maximum Gasteiger partial charge on any atom is 0.319 e. The molecule has 6 nitrogen and oxygen atoms in total. The van der Waals surface area contributed by atoms with E-state index in [9.17, 15) is 9.90 Å². The number of hydrogen-bond acceptors (Lipinski definition) is 4. The predicted molar refractivity (Wildman–Crippen MR) is 111 cm³/mol. The van der Waals surface area contributed by atoms with Gasteiger partial charge in [-0.05, 0) is 36.3 Å². The third-order valence-corrected chi connectivity index (χ3v) is 5.19. The van der Waals surface area contributed by atoms with Gasteiger partial charge < -0.3 is 25.4 Å². The molecule has 0 bridgehead atoms. The number of para-hydroxylation sites is 2. The van der Waals surface area contributed by atoms with Crippen molar-refractivity contribution in [1.29, 1.82) is 0 Å². The van der Waals surface area contributed by atoms with Gasteiger partial charge in [0.15, 0.2) is 0 Å². The Labute approximate surface area is 166 Å². The number of aliphatic hydroxyl groups excluding tert-OH is 1. The largest absolute Gasteiger partial charge is 0.490 e. The maximum atomic E-state index is 12.6. The first kappa shape index (κ1) is 20.2. The van der Waals surface area contributed by atoms with Gasteiger partial charge in [0.1, 0.15) is 12.4 Å². The number of carbonyl (C=O) groups excluding carboxylic acids is 1. The number of ether oxygens (including phenoxy) is 1. The van der Waals surface area contributed by atoms with Crippen molar-refractivity contribution in [3.8, 4) is 5.75 Å². The van der Waals surface area contributed by atoms with Crippen LogP contribution in [-0.4, -0.2) is 48.4 Å². The molecule has 2 aromatic carbocycles. The lowest BCUT2D eigenvalue weighted by molar-refractivity contribution is 0.144. The molecule has 1 aliphatic rings. The van der Waals surface area contributed by atoms with Crippen LogP contribution in [0.2, 0.25) is 0 Å². The summed E-state index contributed by atoms with van der Waals surface area (Å²) in [5.74, 6) is 0.636. The summed E-state index contributed by atoms with van der Waals surface area (Å²) < 4.78 is 5.89. The Bertz CT molecular complexity index is 792. The zero-order valence-electron chi connectivity index (χ0n) is 16.5. The Kier molecular flexibility index (Phi) is 6.90. The fraction of sp³-hybridized carbons (Fsp3) is 0.409. The average Bonchev–Trinajstić information content (AvgIpc) is 3.02. The van der Waals surface area contributed by atoms with Crippen molar-refractivity contribution in [1.82, 2.24) is 10.2 Å². The number of hydrogen-bond donors (Lipinski definition) is 3. The first-order valence-corrected chi connectivity index (χ1v) is 9.90. The summed E-state index contributed by atoms with van der Waals surface area (Å²) in [6.45, 7) is 7.59. The number of nitrogens with one attached hydrogen (secondary N) is 2. The van der Waals surface area contributed by atoms with Gasteiger partial charge >= 0.3 is 6.03 Å². The van der Waals surface area contributed by atoms with Gasteiger partial charge in [0.2, 0.25) is 0 Å². The number of aliphatic hydroxyl groups is 1. The molecule has 3 rings (SSSR count). The highest BCUT2D eigenvalue weighted by Crippen LogP contribution is 2.31. The van der Waals surface area contributed by atoms with Gasteiger partial charge in [-0.3, -0.25) is 0 Å². The van der Waals surface area contributed by atoms with Crippen molar-refractivity contribution in [2.45, 2.75) is 32.4 Å². The SMILES string of the molecule is CCN(CC)CCOc1ccccc1NC(=O)N[C@@H]1c2ccccc2C[C@@H]1O. The fourth-order valence-electron chi connectivity index (χ4n) is 3.57. The first-order valence-electron chi connectivity index (χ1n) is 9.90. The molecule has 3 N–H and O–H groups in total. The number of rotatable bonds is 8. The molecule has 0 spiro atoms. The number of likely N-dealkylation sites (N-methyl/N-ethyl adjacent to an activating group) is 1. The van der Waals surface area contributed by atoms with E-state index in [1.165, 1.54) is 0 Å². The third-order valence-electron chi connectivity index (χ3n) is 5.19. The number of urea groups is 1. The highest BCUT2D eigenvalue weighted by atomic mass is 16.5. The number of carbonyl (C=O) groups is 1. The van der Waals surface area contributed by atoms with Crippen LogP contribution in [0.15, 0.2) is 48.5 Å². The monoisotopic (exact) mass is 383 g/mol. The van der Waals surface area contributed by atoms with Crippen LogP contribution >= 0.6 is 0 Å². The van der Waals surface area contributed by atoms with Crippen molar-refractivity contribution < 1.29 is 14.6 Å². The van der Waals surface area contributed by atoms with E-state index in [1.54, 1.807) is 0 Å². The van der Waals surface area contributed by atoms with E-state index in [1.807, 2.05) is 48.5 Å². The first-order chi connectivity index (χ1) is 13.6. The van der Waals surface area contributed by atoms with Crippen molar-refractivity contribution >= 4 is 11.7 Å². The van der Waals surface area contributed by atoms with Crippen LogP contribution in [-0.2, 0) is 6.42 Å². The molecule has 2 aromatic rings. The lowest BCUT2D eigenvalue weighted by Crippen LogP contribution is -2.36. The second-order valence-corrected chi connectivity index (χ2v) is 6.92. The molecule has 2 atom stereocenters. The summed E-state index contributed by atoms with van der Waals surface area (Å²) in [6, 6.07) is 14.4. The van der Waals surface area contributed by atoms with Crippen molar-refractivity contribution in [2.75, 3.05) is 31.6 Å². The second-order valence-electron chi connectivity index (χ2n) is 6.92. The lowest BCUT2D eigenvalue weighted by atomic mass is 10.1. The van der Waals surface area contributed by atoms with Gasteiger partial charge in [-0.25, -0.2) is 4.79 Å². The molecular weight excluding hydrogens is 354 g/mol. The van der Waals surface area contributed by atoms with Crippen LogP contribution < -0.4 is 15.4 Å². The number of anilines is 1. The number of benzene rings is 2. The average molecular weight is 383 g/mol. The Morgan fingerprint density at radius 3 is 2.64 bits per heavy atom. The smallest absolute Gasteiger partial charge is 0.319 e. The topological polar surface area (TPSA) is 73.8 Å². The highest BCUT2D eigenvalue weighted by molar-refractivity contribution is 5.91. The zero-order valence-corrected chi connectivity index (χ0v) is 16.5. The molecule has 0 fully saturated rings. The van der Waals surface area contributed by atoms with Crippen LogP contribution in [0.25, 0.3) is 0 Å². The minimum absolute atomic E-state index is 0.361. The normalized spacial score (nSPS) is 18.0. The van der Waals surface area contributed by atoms with E-state index in [0.717, 1.165) is 30.8 Å². The van der Waals surface area contributed by atoms with Crippen LogP contribution in [0.3, 0.4) is 0 Å². The molecule has 0 unspecified atom stereocenters. The molecule has 150 valence electrons. The Morgan fingerprint density at radius 1 is 1.14 bits per heavy atom. The van der Waals surface area contributed by atoms with Crippen LogP contribution in [0, 0.1) is 0 Å². The standard InChI is InChI=1S/C22H29N3O3/c1-3-25(4-2)13-14-28-20-12-8-7-11-18(20)23-22(27)24-21-17-10-6-5-9-16(17)15-19(21)26/h5-12,19,21,26H,3-4,13-15H2,1-2H3,(H2,23,24,27)/t19-,21+/m0/s1. The van der Waals surface area contributed by atoms with Crippen molar-refractivity contribution in [3.05, 3.63) is 59.7 Å². The lowest BCUT2D eigenvalue weighted by Gasteiger charge is -2.20. The molecule has 0 aromatic heterocycles. The minimum Gasteiger partial charge on any atom is -0.490 e. The third kappa shape index (κ3) is 4.82. The van der Waals surface area contributed by atoms with E-state index in [4.69, 9.17) is 4.74 Å². The predicted octanol–water partition coefficient (Wildman–Crippen LogP) is 3.19. The second kappa shape index (κ2) is 9.57. The zero-order chi connectivity index (χ0) is 19.9. The maximum absolute atomic E-state index is 12.6. The molecule has 2 amide bonds. The van der Waals surface area contributed by atoms with E-state index < -0.39 is 12.1 Å². The summed E-state index contributed by atoms with van der Waals surface area (Å²) in [5, 5.41) is 16.1. The molecule has 0 radical (unpaired) electrons. The molecular formula is C22H29N3O3. The highest BCUT2D eigenvalue weighted by Gasteiger charge is 2.31. The quantitative estimate of drug-likeness (QED) is 0.655. The molecule has 6 heteroatoms. The van der Waals surface area contributed by atoms with Crippen molar-refractivity contribution in [3.63, 3.8) is 0 Å². The Hall–Kier alpha value is -2.57. The van der Waals surface area contributed by atoms with Gasteiger partial charge in [0.25, 0.3) is 0 Å². The minimum atomic E-state index is -0.622. The van der Waals surface area contributed by atoms with Crippen LogP contribution in [0.4, 0.5) is 10.5 Å². The van der Waals surface area contributed by atoms with E-state index in [2.05, 4.69) is 29.4 Å². The number of nitrogens with zero attached hydrogens (tertiary/aromatic N) is 1. The fourth-order valence-corrected chi connectivity index (χ4v) is 3.57. The summed E-state index contributed by atoms with van der Waals surface area (Å²) in [5.41, 5.74) is 2.65. The number of amides is 2. The molecule has 0 heterocycles. The van der Waals surface area contributed by atoms with Gasteiger partial charge in [-0.1, -0.05) is 50.2 Å². The summed E-state index contributed by atoms with van der Waals surface area (Å²) in [7, 11) is 0. The molecule has 0 aliphatic heterocycles. The number of fused-ring (bicyclic) bond motifs is 1. The molecule has 0 saturated heterocycles. The molecule has 0 saturated carbocycles. The van der Waals surface area contributed by atoms with Crippen LogP contribution in [0.1, 0.15) is 31.0 Å². The van der Waals surface area contributed by atoms with E-state index >= 15 is 0 Å².